The first-order valence-corrected chi connectivity index (χ1v) is 9.08. The van der Waals surface area contributed by atoms with E-state index >= 15 is 0 Å². The number of rotatable bonds is 4. The Hall–Kier alpha value is -2.44. The molecule has 0 saturated carbocycles. The summed E-state index contributed by atoms with van der Waals surface area (Å²) in [5.41, 5.74) is 0.612. The van der Waals surface area contributed by atoms with E-state index in [2.05, 4.69) is 14.9 Å². The van der Waals surface area contributed by atoms with E-state index in [0.717, 1.165) is 49.3 Å². The number of ketones is 1. The Labute approximate surface area is 156 Å². The molecule has 1 saturated heterocycles. The van der Waals surface area contributed by atoms with Crippen LogP contribution in [0.4, 0.5) is 19.0 Å². The summed E-state index contributed by atoms with van der Waals surface area (Å²) in [4.78, 5) is 23.7. The SMILES string of the molecule is CCc1cnc(C)nc1N1CCC[C@@H](C(=O)c2ccc(C(F)(F)F)cc2)C1. The summed E-state index contributed by atoms with van der Waals surface area (Å²) in [5, 5.41) is 0. The highest BCUT2D eigenvalue weighted by atomic mass is 19.4. The van der Waals surface area contributed by atoms with Crippen LogP contribution in [-0.4, -0.2) is 28.8 Å². The summed E-state index contributed by atoms with van der Waals surface area (Å²) in [5.74, 6) is 1.17. The number of carbonyl (C=O) groups excluding carboxylic acids is 1. The maximum atomic E-state index is 12.8. The maximum Gasteiger partial charge on any atom is 0.416 e. The van der Waals surface area contributed by atoms with E-state index in [1.165, 1.54) is 12.1 Å². The van der Waals surface area contributed by atoms with Gasteiger partial charge in [0.15, 0.2) is 5.78 Å². The third-order valence-corrected chi connectivity index (χ3v) is 4.93. The lowest BCUT2D eigenvalue weighted by atomic mass is 9.89. The fraction of sp³-hybridized carbons (Fsp3) is 0.450. The molecule has 0 unspecified atom stereocenters. The quantitative estimate of drug-likeness (QED) is 0.738. The Kier molecular flexibility index (Phi) is 5.48. The van der Waals surface area contributed by atoms with Crippen LogP contribution in [0.1, 0.15) is 47.1 Å². The van der Waals surface area contributed by atoms with Gasteiger partial charge in [-0.1, -0.05) is 19.1 Å². The van der Waals surface area contributed by atoms with Gasteiger partial charge in [0.25, 0.3) is 0 Å². The first kappa shape index (κ1) is 19.3. The highest BCUT2D eigenvalue weighted by Gasteiger charge is 2.32. The summed E-state index contributed by atoms with van der Waals surface area (Å²) in [6.45, 7) is 5.19. The van der Waals surface area contributed by atoms with Gasteiger partial charge in [0, 0.05) is 36.3 Å². The van der Waals surface area contributed by atoms with Crippen molar-refractivity contribution >= 4 is 11.6 Å². The molecule has 0 spiro atoms. The average molecular weight is 377 g/mol. The molecule has 1 aliphatic rings. The topological polar surface area (TPSA) is 46.1 Å². The second-order valence-corrected chi connectivity index (χ2v) is 6.84. The molecule has 1 aromatic carbocycles. The van der Waals surface area contributed by atoms with Crippen LogP contribution >= 0.6 is 0 Å². The van der Waals surface area contributed by atoms with Crippen molar-refractivity contribution in [2.75, 3.05) is 18.0 Å². The highest BCUT2D eigenvalue weighted by molar-refractivity contribution is 5.98. The highest BCUT2D eigenvalue weighted by Crippen LogP contribution is 2.31. The number of aromatic nitrogens is 2. The second-order valence-electron chi connectivity index (χ2n) is 6.84. The first-order chi connectivity index (χ1) is 12.8. The minimum Gasteiger partial charge on any atom is -0.356 e. The summed E-state index contributed by atoms with van der Waals surface area (Å²) >= 11 is 0. The van der Waals surface area contributed by atoms with E-state index < -0.39 is 11.7 Å². The average Bonchev–Trinajstić information content (AvgIpc) is 2.67. The molecule has 2 aromatic rings. The molecule has 144 valence electrons. The number of hydrogen-bond acceptors (Lipinski definition) is 4. The smallest absolute Gasteiger partial charge is 0.356 e. The minimum atomic E-state index is -4.40. The molecule has 1 aromatic heterocycles. The molecule has 0 aliphatic carbocycles. The van der Waals surface area contributed by atoms with Crippen molar-refractivity contribution < 1.29 is 18.0 Å². The normalized spacial score (nSPS) is 17.8. The minimum absolute atomic E-state index is 0.114. The molecule has 4 nitrogen and oxygen atoms in total. The molecule has 1 aliphatic heterocycles. The zero-order valence-electron chi connectivity index (χ0n) is 15.4. The number of Topliss-reactive ketones (excluding diaryl/α,β-unsaturated/α-hetero) is 1. The number of anilines is 1. The lowest BCUT2D eigenvalue weighted by Crippen LogP contribution is -2.39. The summed E-state index contributed by atoms with van der Waals surface area (Å²) in [7, 11) is 0. The largest absolute Gasteiger partial charge is 0.416 e. The van der Waals surface area contributed by atoms with E-state index in [1.807, 2.05) is 20.0 Å². The molecule has 0 amide bonds. The van der Waals surface area contributed by atoms with E-state index in [4.69, 9.17) is 0 Å². The molecule has 1 fully saturated rings. The molecular formula is C20H22F3N3O. The number of piperidine rings is 1. The molecule has 0 N–H and O–H groups in total. The van der Waals surface area contributed by atoms with E-state index in [9.17, 15) is 18.0 Å². The number of alkyl halides is 3. The van der Waals surface area contributed by atoms with Crippen LogP contribution < -0.4 is 4.90 Å². The lowest BCUT2D eigenvalue weighted by molar-refractivity contribution is -0.137. The van der Waals surface area contributed by atoms with Gasteiger partial charge in [-0.2, -0.15) is 13.2 Å². The van der Waals surface area contributed by atoms with Gasteiger partial charge in [0.2, 0.25) is 0 Å². The van der Waals surface area contributed by atoms with Crippen LogP contribution in [0.15, 0.2) is 30.5 Å². The van der Waals surface area contributed by atoms with Crippen molar-refractivity contribution in [3.8, 4) is 0 Å². The van der Waals surface area contributed by atoms with Crippen LogP contribution in [0.5, 0.6) is 0 Å². The van der Waals surface area contributed by atoms with E-state index in [1.54, 1.807) is 0 Å². The zero-order chi connectivity index (χ0) is 19.6. The Bertz CT molecular complexity index is 818. The van der Waals surface area contributed by atoms with Gasteiger partial charge in [-0.3, -0.25) is 4.79 Å². The summed E-state index contributed by atoms with van der Waals surface area (Å²) in [6.07, 6.45) is -0.224. The number of nitrogens with zero attached hydrogens (tertiary/aromatic N) is 3. The van der Waals surface area contributed by atoms with Gasteiger partial charge >= 0.3 is 6.18 Å². The Morgan fingerprint density at radius 2 is 1.96 bits per heavy atom. The van der Waals surface area contributed by atoms with Crippen molar-refractivity contribution in [1.29, 1.82) is 0 Å². The van der Waals surface area contributed by atoms with Crippen molar-refractivity contribution in [3.63, 3.8) is 0 Å². The van der Waals surface area contributed by atoms with Crippen molar-refractivity contribution in [3.05, 3.63) is 53.0 Å². The molecule has 0 bridgehead atoms. The molecule has 27 heavy (non-hydrogen) atoms. The van der Waals surface area contributed by atoms with Crippen molar-refractivity contribution in [2.24, 2.45) is 5.92 Å². The number of carbonyl (C=O) groups is 1. The standard InChI is InChI=1S/C20H22F3N3O/c1-3-14-11-24-13(2)25-19(14)26-10-4-5-16(12-26)18(27)15-6-8-17(9-7-15)20(21,22)23/h6-9,11,16H,3-5,10,12H2,1-2H3/t16-/m1/s1. The molecule has 1 atom stereocenters. The Morgan fingerprint density at radius 3 is 2.59 bits per heavy atom. The number of halogens is 3. The fourth-order valence-electron chi connectivity index (χ4n) is 3.45. The predicted octanol–water partition coefficient (Wildman–Crippen LogP) is 4.47. The monoisotopic (exact) mass is 377 g/mol. The first-order valence-electron chi connectivity index (χ1n) is 9.08. The van der Waals surface area contributed by atoms with Crippen LogP contribution in [-0.2, 0) is 12.6 Å². The van der Waals surface area contributed by atoms with E-state index in [-0.39, 0.29) is 11.7 Å². The van der Waals surface area contributed by atoms with Gasteiger partial charge in [-0.15, -0.1) is 0 Å². The van der Waals surface area contributed by atoms with E-state index in [0.29, 0.717) is 17.9 Å². The number of aryl methyl sites for hydroxylation is 2. The van der Waals surface area contributed by atoms with Crippen LogP contribution in [0.2, 0.25) is 0 Å². The van der Waals surface area contributed by atoms with Crippen molar-refractivity contribution in [1.82, 2.24) is 9.97 Å². The third kappa shape index (κ3) is 4.28. The van der Waals surface area contributed by atoms with Gasteiger partial charge in [0.1, 0.15) is 11.6 Å². The fourth-order valence-corrected chi connectivity index (χ4v) is 3.45. The lowest BCUT2D eigenvalue weighted by Gasteiger charge is -2.34. The van der Waals surface area contributed by atoms with Crippen LogP contribution in [0.25, 0.3) is 0 Å². The predicted molar refractivity (Wildman–Crippen MR) is 96.9 cm³/mol. The Morgan fingerprint density at radius 1 is 1.26 bits per heavy atom. The molecular weight excluding hydrogens is 355 g/mol. The second kappa shape index (κ2) is 7.66. The van der Waals surface area contributed by atoms with Crippen molar-refractivity contribution in [2.45, 2.75) is 39.3 Å². The maximum absolute atomic E-state index is 12.8. The Balaban J connectivity index is 1.78. The molecule has 7 heteroatoms. The summed E-state index contributed by atoms with van der Waals surface area (Å²) < 4.78 is 38.1. The molecule has 0 radical (unpaired) electrons. The molecule has 3 rings (SSSR count). The summed E-state index contributed by atoms with van der Waals surface area (Å²) in [6, 6.07) is 4.49. The number of benzene rings is 1. The molecule has 2 heterocycles. The number of hydrogen-bond donors (Lipinski definition) is 0. The van der Waals surface area contributed by atoms with Gasteiger partial charge in [-0.05, 0) is 38.3 Å². The third-order valence-electron chi connectivity index (χ3n) is 4.93. The zero-order valence-corrected chi connectivity index (χ0v) is 15.4. The van der Waals surface area contributed by atoms with Crippen LogP contribution in [0.3, 0.4) is 0 Å². The van der Waals surface area contributed by atoms with Gasteiger partial charge in [0.05, 0.1) is 5.56 Å². The van der Waals surface area contributed by atoms with Crippen LogP contribution in [0, 0.1) is 12.8 Å². The van der Waals surface area contributed by atoms with Gasteiger partial charge < -0.3 is 4.90 Å². The van der Waals surface area contributed by atoms with Gasteiger partial charge in [-0.25, -0.2) is 9.97 Å².